The number of anilines is 1. The Morgan fingerprint density at radius 1 is 1.47 bits per heavy atom. The number of hydrogen-bond acceptors (Lipinski definition) is 4. The molecule has 1 fully saturated rings. The van der Waals surface area contributed by atoms with Crippen molar-refractivity contribution in [3.8, 4) is 5.75 Å². The summed E-state index contributed by atoms with van der Waals surface area (Å²) in [5, 5.41) is 11.7. The van der Waals surface area contributed by atoms with Crippen LogP contribution in [0.2, 0.25) is 0 Å². The first kappa shape index (κ1) is 13.7. The van der Waals surface area contributed by atoms with Gasteiger partial charge in [-0.3, -0.25) is 4.79 Å². The predicted octanol–water partition coefficient (Wildman–Crippen LogP) is 2.23. The molecule has 1 aromatic carbocycles. The first-order valence-corrected chi connectivity index (χ1v) is 7.00. The van der Waals surface area contributed by atoms with E-state index in [9.17, 15) is 9.59 Å². The number of nitrogens with one attached hydrogen (secondary N) is 1. The zero-order chi connectivity index (χ0) is 13.8. The summed E-state index contributed by atoms with van der Waals surface area (Å²) in [6.45, 7) is 0. The van der Waals surface area contributed by atoms with Crippen LogP contribution >= 0.6 is 11.8 Å². The van der Waals surface area contributed by atoms with Gasteiger partial charge in [0.05, 0.1) is 23.6 Å². The second-order valence-corrected chi connectivity index (χ2v) is 5.52. The van der Waals surface area contributed by atoms with E-state index in [-0.39, 0.29) is 16.7 Å². The van der Waals surface area contributed by atoms with E-state index in [1.54, 1.807) is 17.8 Å². The number of carbonyl (C=O) groups is 2. The van der Waals surface area contributed by atoms with E-state index in [4.69, 9.17) is 9.84 Å². The molecule has 0 saturated carbocycles. The van der Waals surface area contributed by atoms with Crippen molar-refractivity contribution < 1.29 is 19.4 Å². The number of rotatable bonds is 4. The largest absolute Gasteiger partial charge is 0.495 e. The van der Waals surface area contributed by atoms with Crippen molar-refractivity contribution in [2.45, 2.75) is 18.1 Å². The Morgan fingerprint density at radius 3 is 2.84 bits per heavy atom. The van der Waals surface area contributed by atoms with Crippen LogP contribution in [0.1, 0.15) is 23.2 Å². The summed E-state index contributed by atoms with van der Waals surface area (Å²) in [4.78, 5) is 23.0. The van der Waals surface area contributed by atoms with Gasteiger partial charge in [-0.05, 0) is 36.8 Å². The van der Waals surface area contributed by atoms with Crippen LogP contribution in [-0.4, -0.2) is 35.1 Å². The van der Waals surface area contributed by atoms with Gasteiger partial charge in [-0.15, -0.1) is 11.8 Å². The lowest BCUT2D eigenvalue weighted by atomic mass is 10.1. The number of carboxylic acids is 1. The molecule has 2 N–H and O–H groups in total. The van der Waals surface area contributed by atoms with Crippen LogP contribution in [0.3, 0.4) is 0 Å². The quantitative estimate of drug-likeness (QED) is 0.885. The fourth-order valence-corrected chi connectivity index (χ4v) is 3.10. The van der Waals surface area contributed by atoms with E-state index in [0.29, 0.717) is 11.4 Å². The minimum atomic E-state index is -1.03. The number of amides is 1. The lowest BCUT2D eigenvalue weighted by molar-refractivity contribution is -0.115. The monoisotopic (exact) mass is 281 g/mol. The fraction of sp³-hybridized carbons (Fsp3) is 0.385. The van der Waals surface area contributed by atoms with Crippen LogP contribution in [0.25, 0.3) is 0 Å². The summed E-state index contributed by atoms with van der Waals surface area (Å²) in [5.41, 5.74) is 0.523. The average Bonchev–Trinajstić information content (AvgIpc) is 2.92. The molecule has 1 unspecified atom stereocenters. The van der Waals surface area contributed by atoms with Crippen molar-refractivity contribution in [1.82, 2.24) is 0 Å². The lowest BCUT2D eigenvalue weighted by Gasteiger charge is -2.13. The first-order valence-electron chi connectivity index (χ1n) is 5.95. The highest BCUT2D eigenvalue weighted by atomic mass is 32.2. The molecule has 1 aromatic rings. The predicted molar refractivity (Wildman–Crippen MR) is 74.1 cm³/mol. The van der Waals surface area contributed by atoms with Gasteiger partial charge >= 0.3 is 5.97 Å². The van der Waals surface area contributed by atoms with E-state index in [2.05, 4.69) is 5.32 Å². The van der Waals surface area contributed by atoms with Gasteiger partial charge in [0.2, 0.25) is 5.91 Å². The van der Waals surface area contributed by atoms with Crippen molar-refractivity contribution >= 4 is 29.3 Å². The normalized spacial score (nSPS) is 18.1. The van der Waals surface area contributed by atoms with Crippen molar-refractivity contribution in [3.63, 3.8) is 0 Å². The Kier molecular flexibility index (Phi) is 4.31. The third-order valence-corrected chi connectivity index (χ3v) is 4.30. The first-order chi connectivity index (χ1) is 9.11. The molecule has 1 atom stereocenters. The SMILES string of the molecule is COc1ccc(C(=O)O)cc1NC(=O)C1CCCS1. The van der Waals surface area contributed by atoms with Crippen molar-refractivity contribution in [2.24, 2.45) is 0 Å². The molecular formula is C13H15NO4S. The lowest BCUT2D eigenvalue weighted by Crippen LogP contribution is -2.23. The number of aromatic carboxylic acids is 1. The second kappa shape index (κ2) is 5.97. The van der Waals surface area contributed by atoms with Gasteiger partial charge < -0.3 is 15.2 Å². The van der Waals surface area contributed by atoms with E-state index in [0.717, 1.165) is 18.6 Å². The Hall–Kier alpha value is -1.69. The molecule has 6 heteroatoms. The summed E-state index contributed by atoms with van der Waals surface area (Å²) in [6, 6.07) is 4.40. The van der Waals surface area contributed by atoms with Crippen LogP contribution in [0.4, 0.5) is 5.69 Å². The highest BCUT2D eigenvalue weighted by molar-refractivity contribution is 8.00. The van der Waals surface area contributed by atoms with Crippen molar-refractivity contribution in [1.29, 1.82) is 0 Å². The topological polar surface area (TPSA) is 75.6 Å². The van der Waals surface area contributed by atoms with Gasteiger partial charge in [0.1, 0.15) is 5.75 Å². The number of thioether (sulfide) groups is 1. The van der Waals surface area contributed by atoms with E-state index in [1.165, 1.54) is 19.2 Å². The maximum absolute atomic E-state index is 12.0. The van der Waals surface area contributed by atoms with Crippen LogP contribution in [0, 0.1) is 0 Å². The maximum atomic E-state index is 12.0. The number of ether oxygens (including phenoxy) is 1. The number of carboxylic acid groups (broad SMARTS) is 1. The Bertz CT molecular complexity index is 497. The summed E-state index contributed by atoms with van der Waals surface area (Å²) >= 11 is 1.62. The average molecular weight is 281 g/mol. The van der Waals surface area contributed by atoms with Crippen LogP contribution < -0.4 is 10.1 Å². The summed E-state index contributed by atoms with van der Waals surface area (Å²) in [5.74, 6) is 0.322. The molecule has 1 aliphatic rings. The zero-order valence-corrected chi connectivity index (χ0v) is 11.3. The van der Waals surface area contributed by atoms with Gasteiger partial charge in [0, 0.05) is 0 Å². The second-order valence-electron chi connectivity index (χ2n) is 4.21. The molecule has 0 bridgehead atoms. The molecule has 19 heavy (non-hydrogen) atoms. The van der Waals surface area contributed by atoms with Crippen molar-refractivity contribution in [3.05, 3.63) is 23.8 Å². The van der Waals surface area contributed by atoms with Gasteiger partial charge in [0.25, 0.3) is 0 Å². The smallest absolute Gasteiger partial charge is 0.335 e. The number of methoxy groups -OCH3 is 1. The van der Waals surface area contributed by atoms with E-state index >= 15 is 0 Å². The fourth-order valence-electron chi connectivity index (χ4n) is 1.94. The van der Waals surface area contributed by atoms with Gasteiger partial charge in [0.15, 0.2) is 0 Å². The van der Waals surface area contributed by atoms with Crippen LogP contribution in [0.5, 0.6) is 5.75 Å². The third kappa shape index (κ3) is 3.20. The van der Waals surface area contributed by atoms with Crippen LogP contribution in [0.15, 0.2) is 18.2 Å². The maximum Gasteiger partial charge on any atom is 0.335 e. The third-order valence-electron chi connectivity index (χ3n) is 2.93. The van der Waals surface area contributed by atoms with Crippen LogP contribution in [-0.2, 0) is 4.79 Å². The molecule has 102 valence electrons. The van der Waals surface area contributed by atoms with Gasteiger partial charge in [-0.2, -0.15) is 0 Å². The minimum Gasteiger partial charge on any atom is -0.495 e. The molecule has 0 spiro atoms. The Balaban J connectivity index is 2.19. The molecule has 0 aromatic heterocycles. The summed E-state index contributed by atoms with van der Waals surface area (Å²) in [6.07, 6.45) is 1.90. The highest BCUT2D eigenvalue weighted by Gasteiger charge is 2.24. The molecule has 1 heterocycles. The van der Waals surface area contributed by atoms with Crippen molar-refractivity contribution in [2.75, 3.05) is 18.2 Å². The number of carbonyl (C=O) groups excluding carboxylic acids is 1. The Morgan fingerprint density at radius 2 is 2.26 bits per heavy atom. The molecule has 2 rings (SSSR count). The minimum absolute atomic E-state index is 0.0572. The molecule has 0 aliphatic carbocycles. The standard InChI is InChI=1S/C13H15NO4S/c1-18-10-5-4-8(13(16)17)7-9(10)14-12(15)11-3-2-6-19-11/h4-5,7,11H,2-3,6H2,1H3,(H,14,15)(H,16,17). The zero-order valence-electron chi connectivity index (χ0n) is 10.5. The van der Waals surface area contributed by atoms with Gasteiger partial charge in [-0.1, -0.05) is 0 Å². The van der Waals surface area contributed by atoms with Gasteiger partial charge in [-0.25, -0.2) is 4.79 Å². The van der Waals surface area contributed by atoms with E-state index < -0.39 is 5.97 Å². The summed E-state index contributed by atoms with van der Waals surface area (Å²) < 4.78 is 5.13. The van der Waals surface area contributed by atoms with E-state index in [1.807, 2.05) is 0 Å². The molecule has 1 saturated heterocycles. The molecule has 5 nitrogen and oxygen atoms in total. The molecule has 1 amide bonds. The Labute approximate surface area is 115 Å². The number of benzene rings is 1. The summed E-state index contributed by atoms with van der Waals surface area (Å²) in [7, 11) is 1.48. The molecular weight excluding hydrogens is 266 g/mol. The molecule has 1 aliphatic heterocycles. The molecule has 0 radical (unpaired) electrons. The highest BCUT2D eigenvalue weighted by Crippen LogP contribution is 2.30. The number of hydrogen-bond donors (Lipinski definition) is 2.